The van der Waals surface area contributed by atoms with Crippen molar-refractivity contribution >= 4 is 24.4 Å². The molecule has 2 rings (SSSR count). The minimum Gasteiger partial charge on any atom is -0.277 e. The summed E-state index contributed by atoms with van der Waals surface area (Å²) in [6, 6.07) is 7.23. The van der Waals surface area contributed by atoms with Gasteiger partial charge in [0.15, 0.2) is 0 Å². The monoisotopic (exact) mass is 221 g/mol. The summed E-state index contributed by atoms with van der Waals surface area (Å²) in [5.74, 6) is 0.170. The van der Waals surface area contributed by atoms with Gasteiger partial charge in [0.2, 0.25) is 5.91 Å². The van der Waals surface area contributed by atoms with Crippen molar-refractivity contribution in [3.8, 4) is 0 Å². The average molecular weight is 221 g/mol. The highest BCUT2D eigenvalue weighted by molar-refractivity contribution is 7.80. The van der Waals surface area contributed by atoms with E-state index in [-0.39, 0.29) is 11.8 Å². The molecule has 4 heteroatoms. The van der Waals surface area contributed by atoms with Crippen molar-refractivity contribution in [2.75, 3.05) is 12.3 Å². The molecule has 0 spiro atoms. The Bertz CT molecular complexity index is 417. The summed E-state index contributed by atoms with van der Waals surface area (Å²) in [7, 11) is 0. The molecule has 0 saturated heterocycles. The molecule has 0 atom stereocenters. The van der Waals surface area contributed by atoms with E-state index in [0.717, 1.165) is 5.56 Å². The Balaban J connectivity index is 2.38. The van der Waals surface area contributed by atoms with E-state index < -0.39 is 0 Å². The fourth-order valence-corrected chi connectivity index (χ4v) is 1.93. The quantitative estimate of drug-likeness (QED) is 0.600. The number of hydrogen-bond donors (Lipinski definition) is 1. The number of benzene rings is 1. The van der Waals surface area contributed by atoms with Gasteiger partial charge in [-0.1, -0.05) is 18.2 Å². The first-order valence-corrected chi connectivity index (χ1v) is 5.40. The van der Waals surface area contributed by atoms with Gasteiger partial charge in [0.25, 0.3) is 5.91 Å². The molecule has 2 amide bonds. The average Bonchev–Trinajstić information content (AvgIpc) is 2.24. The van der Waals surface area contributed by atoms with Crippen molar-refractivity contribution in [3.05, 3.63) is 35.4 Å². The van der Waals surface area contributed by atoms with Crippen molar-refractivity contribution in [1.82, 2.24) is 4.90 Å². The van der Waals surface area contributed by atoms with Crippen LogP contribution in [0.3, 0.4) is 0 Å². The fourth-order valence-electron chi connectivity index (χ4n) is 1.73. The molecule has 78 valence electrons. The van der Waals surface area contributed by atoms with Crippen LogP contribution in [0.2, 0.25) is 0 Å². The summed E-state index contributed by atoms with van der Waals surface area (Å²) in [6.07, 6.45) is 0.315. The van der Waals surface area contributed by atoms with E-state index in [0.29, 0.717) is 24.3 Å². The summed E-state index contributed by atoms with van der Waals surface area (Å²) in [5, 5.41) is 0. The van der Waals surface area contributed by atoms with Crippen molar-refractivity contribution in [2.24, 2.45) is 0 Å². The molecule has 0 aliphatic carbocycles. The van der Waals surface area contributed by atoms with Crippen molar-refractivity contribution in [3.63, 3.8) is 0 Å². The van der Waals surface area contributed by atoms with Crippen LogP contribution in [0.5, 0.6) is 0 Å². The Morgan fingerprint density at radius 2 is 2.00 bits per heavy atom. The first-order valence-electron chi connectivity index (χ1n) is 4.77. The number of rotatable bonds is 2. The van der Waals surface area contributed by atoms with Gasteiger partial charge in [-0.25, -0.2) is 0 Å². The zero-order valence-electron chi connectivity index (χ0n) is 8.14. The van der Waals surface area contributed by atoms with E-state index >= 15 is 0 Å². The van der Waals surface area contributed by atoms with Crippen LogP contribution in [-0.2, 0) is 11.2 Å². The summed E-state index contributed by atoms with van der Waals surface area (Å²) < 4.78 is 0. The summed E-state index contributed by atoms with van der Waals surface area (Å²) in [5.41, 5.74) is 1.46. The molecule has 15 heavy (non-hydrogen) atoms. The molecule has 0 bridgehead atoms. The van der Waals surface area contributed by atoms with Gasteiger partial charge in [0.05, 0.1) is 6.42 Å². The molecule has 1 heterocycles. The van der Waals surface area contributed by atoms with Gasteiger partial charge in [0, 0.05) is 17.9 Å². The summed E-state index contributed by atoms with van der Waals surface area (Å²) >= 11 is 4.04. The zero-order valence-corrected chi connectivity index (χ0v) is 9.04. The SMILES string of the molecule is O=C1Cc2ccccc2C(=O)N1CCS. The Kier molecular flexibility index (Phi) is 2.77. The third-order valence-corrected chi connectivity index (χ3v) is 2.66. The Hall–Kier alpha value is -1.29. The highest BCUT2D eigenvalue weighted by Crippen LogP contribution is 2.19. The van der Waals surface area contributed by atoms with Gasteiger partial charge < -0.3 is 0 Å². The molecule has 0 saturated carbocycles. The molecule has 3 nitrogen and oxygen atoms in total. The van der Waals surface area contributed by atoms with Gasteiger partial charge >= 0.3 is 0 Å². The second kappa shape index (κ2) is 4.06. The maximum absolute atomic E-state index is 11.9. The van der Waals surface area contributed by atoms with Crippen molar-refractivity contribution in [2.45, 2.75) is 6.42 Å². The lowest BCUT2D eigenvalue weighted by atomic mass is 9.99. The molecule has 0 fully saturated rings. The second-order valence-corrected chi connectivity index (χ2v) is 3.86. The highest BCUT2D eigenvalue weighted by Gasteiger charge is 2.29. The largest absolute Gasteiger partial charge is 0.277 e. The topological polar surface area (TPSA) is 37.4 Å². The first-order chi connectivity index (χ1) is 7.24. The molecule has 1 aromatic rings. The summed E-state index contributed by atoms with van der Waals surface area (Å²) in [4.78, 5) is 24.8. The molecular weight excluding hydrogens is 210 g/mol. The number of imide groups is 1. The minimum absolute atomic E-state index is 0.132. The summed E-state index contributed by atoms with van der Waals surface area (Å²) in [6.45, 7) is 0.384. The van der Waals surface area contributed by atoms with E-state index in [2.05, 4.69) is 12.6 Å². The van der Waals surface area contributed by atoms with E-state index in [1.807, 2.05) is 18.2 Å². The molecule has 0 aromatic heterocycles. The molecule has 0 radical (unpaired) electrons. The number of nitrogens with zero attached hydrogens (tertiary/aromatic N) is 1. The van der Waals surface area contributed by atoms with Gasteiger partial charge in [-0.3, -0.25) is 14.5 Å². The number of carbonyl (C=O) groups excluding carboxylic acids is 2. The second-order valence-electron chi connectivity index (χ2n) is 3.41. The normalized spacial score (nSPS) is 15.4. The van der Waals surface area contributed by atoms with Crippen molar-refractivity contribution in [1.29, 1.82) is 0 Å². The standard InChI is InChI=1S/C11H11NO2S/c13-10-7-8-3-1-2-4-9(8)11(14)12(10)5-6-15/h1-4,15H,5-7H2. The maximum atomic E-state index is 11.9. The number of fused-ring (bicyclic) bond motifs is 1. The lowest BCUT2D eigenvalue weighted by Gasteiger charge is -2.26. The lowest BCUT2D eigenvalue weighted by molar-refractivity contribution is -0.128. The van der Waals surface area contributed by atoms with E-state index in [4.69, 9.17) is 0 Å². The Morgan fingerprint density at radius 1 is 1.27 bits per heavy atom. The van der Waals surface area contributed by atoms with Crippen LogP contribution in [0.15, 0.2) is 24.3 Å². The molecule has 1 aromatic carbocycles. The third kappa shape index (κ3) is 1.77. The number of carbonyl (C=O) groups is 2. The number of hydrogen-bond acceptors (Lipinski definition) is 3. The van der Waals surface area contributed by atoms with Gasteiger partial charge in [-0.2, -0.15) is 12.6 Å². The van der Waals surface area contributed by atoms with E-state index in [1.54, 1.807) is 6.07 Å². The smallest absolute Gasteiger partial charge is 0.260 e. The molecule has 1 aliphatic heterocycles. The zero-order chi connectivity index (χ0) is 10.8. The van der Waals surface area contributed by atoms with Crippen LogP contribution in [-0.4, -0.2) is 29.0 Å². The van der Waals surface area contributed by atoms with Crippen LogP contribution in [0.25, 0.3) is 0 Å². The van der Waals surface area contributed by atoms with Crippen LogP contribution in [0.1, 0.15) is 15.9 Å². The Labute approximate surface area is 93.5 Å². The van der Waals surface area contributed by atoms with Crippen LogP contribution >= 0.6 is 12.6 Å². The molecule has 0 N–H and O–H groups in total. The minimum atomic E-state index is -0.198. The van der Waals surface area contributed by atoms with Crippen molar-refractivity contribution < 1.29 is 9.59 Å². The van der Waals surface area contributed by atoms with Gasteiger partial charge in [0.1, 0.15) is 0 Å². The maximum Gasteiger partial charge on any atom is 0.260 e. The van der Waals surface area contributed by atoms with Crippen LogP contribution in [0, 0.1) is 0 Å². The predicted octanol–water partition coefficient (Wildman–Crippen LogP) is 1.14. The van der Waals surface area contributed by atoms with Crippen LogP contribution in [0.4, 0.5) is 0 Å². The molecule has 1 aliphatic rings. The van der Waals surface area contributed by atoms with E-state index in [1.165, 1.54) is 4.90 Å². The highest BCUT2D eigenvalue weighted by atomic mass is 32.1. The predicted molar refractivity (Wildman–Crippen MR) is 60.0 cm³/mol. The fraction of sp³-hybridized carbons (Fsp3) is 0.273. The Morgan fingerprint density at radius 3 is 2.73 bits per heavy atom. The lowest BCUT2D eigenvalue weighted by Crippen LogP contribution is -2.43. The van der Waals surface area contributed by atoms with Gasteiger partial charge in [-0.15, -0.1) is 0 Å². The van der Waals surface area contributed by atoms with E-state index in [9.17, 15) is 9.59 Å². The number of amides is 2. The van der Waals surface area contributed by atoms with Crippen LogP contribution < -0.4 is 0 Å². The molecule has 0 unspecified atom stereocenters. The van der Waals surface area contributed by atoms with Gasteiger partial charge in [-0.05, 0) is 11.6 Å². The number of thiol groups is 1. The molecular formula is C11H11NO2S. The third-order valence-electron chi connectivity index (χ3n) is 2.46. The first kappa shape index (κ1) is 10.2.